The van der Waals surface area contributed by atoms with Gasteiger partial charge < -0.3 is 14.5 Å². The van der Waals surface area contributed by atoms with Crippen LogP contribution in [-0.4, -0.2) is 16.2 Å². The van der Waals surface area contributed by atoms with Crippen LogP contribution in [0, 0.1) is 0 Å². The zero-order valence-electron chi connectivity index (χ0n) is 52.3. The highest BCUT2D eigenvalue weighted by molar-refractivity contribution is 6.10. The number of rotatable bonds is 13. The van der Waals surface area contributed by atoms with E-state index in [2.05, 4.69) is 324 Å². The largest absolute Gasteiger partial charge is 0.457 e. The van der Waals surface area contributed by atoms with E-state index in [4.69, 9.17) is 9.72 Å². The molecule has 0 spiro atoms. The van der Waals surface area contributed by atoms with Crippen LogP contribution < -0.4 is 14.5 Å². The molecule has 12 rings (SSSR count). The number of anilines is 4. The van der Waals surface area contributed by atoms with Gasteiger partial charge in [0.25, 0.3) is 0 Å². The molecule has 0 N–H and O–H groups in total. The van der Waals surface area contributed by atoms with Crippen molar-refractivity contribution in [3.05, 3.63) is 263 Å². The molecule has 0 atom stereocenters. The Morgan fingerprint density at radius 1 is 0.388 bits per heavy atom. The van der Waals surface area contributed by atoms with Gasteiger partial charge in [0, 0.05) is 51.3 Å². The summed E-state index contributed by atoms with van der Waals surface area (Å²) in [6, 6.07) is 78.8. The minimum absolute atomic E-state index is 0.0636. The van der Waals surface area contributed by atoms with Crippen molar-refractivity contribution in [2.75, 3.05) is 16.5 Å². The van der Waals surface area contributed by atoms with Crippen LogP contribution in [0.4, 0.5) is 22.7 Å². The summed E-state index contributed by atoms with van der Waals surface area (Å²) in [5, 5.41) is 2.33. The molecule has 0 amide bonds. The Morgan fingerprint density at radius 3 is 1.62 bits per heavy atom. The molecular weight excluding hydrogens is 1030 g/mol. The van der Waals surface area contributed by atoms with Crippen molar-refractivity contribution in [1.82, 2.24) is 9.55 Å². The molecule has 428 valence electrons. The molecule has 0 fully saturated rings. The highest BCUT2D eigenvalue weighted by Crippen LogP contribution is 2.51. The van der Waals surface area contributed by atoms with Crippen LogP contribution in [0.25, 0.3) is 49.9 Å². The molecule has 9 aromatic carbocycles. The lowest BCUT2D eigenvalue weighted by molar-refractivity contribution is 0.479. The first-order valence-corrected chi connectivity index (χ1v) is 30.6. The molecule has 0 saturated heterocycles. The fourth-order valence-corrected chi connectivity index (χ4v) is 12.8. The summed E-state index contributed by atoms with van der Waals surface area (Å²) in [7, 11) is 0. The van der Waals surface area contributed by atoms with Crippen LogP contribution in [-0.2, 0) is 21.7 Å². The van der Waals surface area contributed by atoms with Gasteiger partial charge in [-0.25, -0.2) is 4.98 Å². The predicted octanol–water partition coefficient (Wildman–Crippen LogP) is 22.0. The Labute approximate surface area is 505 Å². The zero-order chi connectivity index (χ0) is 59.7. The quantitative estimate of drug-likeness (QED) is 0.115. The number of fused-ring (bicyclic) bond motifs is 4. The number of hydrogen-bond donors (Lipinski definition) is 0. The Balaban J connectivity index is 1.02. The van der Waals surface area contributed by atoms with Gasteiger partial charge in [0.1, 0.15) is 24.0 Å². The van der Waals surface area contributed by atoms with E-state index in [0.29, 0.717) is 18.5 Å². The third-order valence-electron chi connectivity index (χ3n) is 18.2. The van der Waals surface area contributed by atoms with Gasteiger partial charge in [0.2, 0.25) is 0 Å². The van der Waals surface area contributed by atoms with Crippen molar-refractivity contribution in [2.24, 2.45) is 0 Å². The summed E-state index contributed by atoms with van der Waals surface area (Å²) in [6.07, 6.45) is 1.96. The van der Waals surface area contributed by atoms with E-state index in [1.807, 2.05) is 6.20 Å². The molecular formula is C80H82N4O. The third kappa shape index (κ3) is 10.7. The first kappa shape index (κ1) is 56.8. The van der Waals surface area contributed by atoms with Crippen LogP contribution in [0.5, 0.6) is 11.5 Å². The summed E-state index contributed by atoms with van der Waals surface area (Å²) in [5.74, 6) is 3.12. The van der Waals surface area contributed by atoms with E-state index < -0.39 is 0 Å². The SMILES string of the molecule is CC(C)c1cccc(C(C)C)c1-c1ccc2c(c1)N(c1cc(Oc3ccc4c5cc(C(C)(C)c6ccccc6)ccc5n(-c5cc(C(C)(C)C)ccn5)c4c3)cc(C(C)(C)C)c1)CN2c1cc(-c2ccccc2)cc(C(C)(C)c2ccccc2)c1. The average molecular weight is 1120 g/mol. The van der Waals surface area contributed by atoms with Crippen LogP contribution in [0.3, 0.4) is 0 Å². The van der Waals surface area contributed by atoms with Gasteiger partial charge in [-0.2, -0.15) is 0 Å². The lowest BCUT2D eigenvalue weighted by Gasteiger charge is -2.30. The third-order valence-corrected chi connectivity index (χ3v) is 18.2. The van der Waals surface area contributed by atoms with Gasteiger partial charge in [-0.1, -0.05) is 224 Å². The van der Waals surface area contributed by atoms with Gasteiger partial charge in [0.15, 0.2) is 0 Å². The Bertz CT molecular complexity index is 4240. The maximum absolute atomic E-state index is 7.29. The fourth-order valence-electron chi connectivity index (χ4n) is 12.8. The van der Waals surface area contributed by atoms with Crippen molar-refractivity contribution in [2.45, 2.75) is 130 Å². The average Bonchev–Trinajstić information content (AvgIpc) is 1.77. The van der Waals surface area contributed by atoms with Crippen molar-refractivity contribution in [3.8, 4) is 39.6 Å². The molecule has 0 saturated carbocycles. The van der Waals surface area contributed by atoms with E-state index in [-0.39, 0.29) is 21.7 Å². The minimum Gasteiger partial charge on any atom is -0.457 e. The number of pyridine rings is 1. The van der Waals surface area contributed by atoms with E-state index in [9.17, 15) is 0 Å². The zero-order valence-corrected chi connectivity index (χ0v) is 52.3. The van der Waals surface area contributed by atoms with Crippen molar-refractivity contribution >= 4 is 44.6 Å². The second kappa shape index (κ2) is 21.8. The van der Waals surface area contributed by atoms with Gasteiger partial charge in [-0.05, 0) is 162 Å². The summed E-state index contributed by atoms with van der Waals surface area (Å²) >= 11 is 0. The first-order valence-electron chi connectivity index (χ1n) is 30.6. The van der Waals surface area contributed by atoms with Crippen LogP contribution in [0.2, 0.25) is 0 Å². The molecule has 3 heterocycles. The molecule has 1 aliphatic heterocycles. The summed E-state index contributed by atoms with van der Waals surface area (Å²) in [4.78, 5) is 10.1. The molecule has 0 aliphatic carbocycles. The van der Waals surface area contributed by atoms with E-state index in [1.54, 1.807) is 0 Å². The van der Waals surface area contributed by atoms with Gasteiger partial charge >= 0.3 is 0 Å². The predicted molar refractivity (Wildman–Crippen MR) is 361 cm³/mol. The summed E-state index contributed by atoms with van der Waals surface area (Å²) in [5.41, 5.74) is 21.1. The van der Waals surface area contributed by atoms with Crippen molar-refractivity contribution in [3.63, 3.8) is 0 Å². The molecule has 0 radical (unpaired) electrons. The van der Waals surface area contributed by atoms with Gasteiger partial charge in [-0.15, -0.1) is 0 Å². The monoisotopic (exact) mass is 1110 g/mol. The maximum atomic E-state index is 7.29. The Kier molecular flexibility index (Phi) is 14.5. The van der Waals surface area contributed by atoms with Gasteiger partial charge in [-0.3, -0.25) is 4.57 Å². The Morgan fingerprint density at radius 2 is 0.988 bits per heavy atom. The molecule has 1 aliphatic rings. The minimum atomic E-state index is -0.277. The second-order valence-corrected chi connectivity index (χ2v) is 27.4. The highest BCUT2D eigenvalue weighted by atomic mass is 16.5. The van der Waals surface area contributed by atoms with E-state index in [0.717, 1.165) is 56.5 Å². The van der Waals surface area contributed by atoms with Crippen molar-refractivity contribution in [1.29, 1.82) is 0 Å². The lowest BCUT2D eigenvalue weighted by Crippen LogP contribution is -2.25. The molecule has 0 bridgehead atoms. The highest BCUT2D eigenvalue weighted by Gasteiger charge is 2.34. The second-order valence-electron chi connectivity index (χ2n) is 27.4. The number of hydrogen-bond acceptors (Lipinski definition) is 4. The Hall–Kier alpha value is -8.67. The topological polar surface area (TPSA) is 33.5 Å². The summed E-state index contributed by atoms with van der Waals surface area (Å²) < 4.78 is 9.62. The number of aromatic nitrogens is 2. The number of ether oxygens (including phenoxy) is 1. The summed E-state index contributed by atoms with van der Waals surface area (Å²) in [6.45, 7) is 32.9. The van der Waals surface area contributed by atoms with Crippen LogP contribution >= 0.6 is 0 Å². The van der Waals surface area contributed by atoms with Crippen LogP contribution in [0.15, 0.2) is 219 Å². The lowest BCUT2D eigenvalue weighted by atomic mass is 9.77. The molecule has 2 aromatic heterocycles. The maximum Gasteiger partial charge on any atom is 0.137 e. The van der Waals surface area contributed by atoms with Gasteiger partial charge in [0.05, 0.1) is 22.4 Å². The normalized spacial score (nSPS) is 13.2. The standard InChI is InChI=1S/C80H82N4O/c1-52(2)67-31-24-32-68(53(3)4)76(67)55-33-37-72-74(43-55)83(51-82(72)63-42-56(54-25-18-15-19-26-54)41-62(45-63)80(13,14)58-29-22-17-23-30-58)64-44-61(78(8,9)10)46-66(49-64)85-65-35-36-69-70-47-60(79(11,12)57-27-20-16-21-28-57)34-38-71(70)84(73(69)50-65)75-48-59(39-40-81-75)77(5,6)7/h15-50,52-53H,51H2,1-14H3. The van der Waals surface area contributed by atoms with E-state index in [1.165, 1.54) is 72.1 Å². The number of nitrogens with zero attached hydrogens (tertiary/aromatic N) is 4. The number of benzene rings is 9. The van der Waals surface area contributed by atoms with E-state index >= 15 is 0 Å². The fraction of sp³-hybridized carbons (Fsp3) is 0.263. The van der Waals surface area contributed by atoms with Crippen LogP contribution in [0.1, 0.15) is 153 Å². The molecule has 5 heteroatoms. The van der Waals surface area contributed by atoms with Crippen molar-refractivity contribution < 1.29 is 4.74 Å². The molecule has 0 unspecified atom stereocenters. The first-order chi connectivity index (χ1) is 40.5. The smallest absolute Gasteiger partial charge is 0.137 e. The molecule has 85 heavy (non-hydrogen) atoms. The molecule has 11 aromatic rings. The molecule has 5 nitrogen and oxygen atoms in total.